The zero-order chi connectivity index (χ0) is 15.5. The van der Waals surface area contributed by atoms with Crippen molar-refractivity contribution in [2.75, 3.05) is 24.2 Å². The van der Waals surface area contributed by atoms with Crippen LogP contribution in [0.2, 0.25) is 0 Å². The van der Waals surface area contributed by atoms with E-state index >= 15 is 0 Å². The SMILES string of the molecule is CNc1nc(NCC(C)C(C)(C)C)nc(-n2ccnc2)n1. The van der Waals surface area contributed by atoms with E-state index in [0.717, 1.165) is 6.54 Å². The highest BCUT2D eigenvalue weighted by Gasteiger charge is 2.20. The fourth-order valence-corrected chi connectivity index (χ4v) is 1.60. The molecule has 0 saturated heterocycles. The smallest absolute Gasteiger partial charge is 0.241 e. The summed E-state index contributed by atoms with van der Waals surface area (Å²) in [5.74, 6) is 2.12. The molecular weight excluding hydrogens is 266 g/mol. The van der Waals surface area contributed by atoms with Gasteiger partial charge in [-0.15, -0.1) is 0 Å². The molecular formula is C14H23N7. The van der Waals surface area contributed by atoms with Gasteiger partial charge in [0.2, 0.25) is 17.8 Å². The van der Waals surface area contributed by atoms with Crippen molar-refractivity contribution in [2.24, 2.45) is 11.3 Å². The van der Waals surface area contributed by atoms with Crippen LogP contribution in [0.5, 0.6) is 0 Å². The number of rotatable bonds is 5. The van der Waals surface area contributed by atoms with E-state index in [1.54, 1.807) is 30.3 Å². The first-order valence-corrected chi connectivity index (χ1v) is 7.06. The molecule has 7 nitrogen and oxygen atoms in total. The van der Waals surface area contributed by atoms with Crippen molar-refractivity contribution in [1.29, 1.82) is 0 Å². The van der Waals surface area contributed by atoms with Crippen LogP contribution >= 0.6 is 0 Å². The number of aromatic nitrogens is 5. The number of imidazole rings is 1. The standard InChI is InChI=1S/C14H23N7/c1-10(14(2,3)4)8-17-12-18-11(15-5)19-13(20-12)21-7-6-16-9-21/h6-7,9-10H,8H2,1-5H3,(H2,15,17,18,19,20). The van der Waals surface area contributed by atoms with Crippen LogP contribution in [0.25, 0.3) is 5.95 Å². The van der Waals surface area contributed by atoms with E-state index in [1.807, 2.05) is 0 Å². The van der Waals surface area contributed by atoms with E-state index in [2.05, 4.69) is 58.3 Å². The van der Waals surface area contributed by atoms with Crippen molar-refractivity contribution < 1.29 is 0 Å². The lowest BCUT2D eigenvalue weighted by molar-refractivity contribution is 0.274. The molecule has 2 N–H and O–H groups in total. The van der Waals surface area contributed by atoms with Crippen molar-refractivity contribution in [2.45, 2.75) is 27.7 Å². The average molecular weight is 289 g/mol. The van der Waals surface area contributed by atoms with Crippen LogP contribution < -0.4 is 10.6 Å². The van der Waals surface area contributed by atoms with Gasteiger partial charge in [-0.2, -0.15) is 15.0 Å². The van der Waals surface area contributed by atoms with Crippen molar-refractivity contribution in [3.05, 3.63) is 18.7 Å². The van der Waals surface area contributed by atoms with Gasteiger partial charge in [-0.25, -0.2) is 4.98 Å². The van der Waals surface area contributed by atoms with Crippen LogP contribution in [0.15, 0.2) is 18.7 Å². The first-order valence-electron chi connectivity index (χ1n) is 7.06. The molecule has 0 aliphatic carbocycles. The Hall–Kier alpha value is -2.18. The second kappa shape index (κ2) is 6.07. The summed E-state index contributed by atoms with van der Waals surface area (Å²) in [4.78, 5) is 17.1. The number of nitrogens with zero attached hydrogens (tertiary/aromatic N) is 5. The van der Waals surface area contributed by atoms with Gasteiger partial charge >= 0.3 is 0 Å². The molecule has 21 heavy (non-hydrogen) atoms. The Morgan fingerprint density at radius 3 is 2.48 bits per heavy atom. The molecule has 0 fully saturated rings. The van der Waals surface area contributed by atoms with Gasteiger partial charge in [0.15, 0.2) is 0 Å². The van der Waals surface area contributed by atoms with Crippen LogP contribution in [0.1, 0.15) is 27.7 Å². The van der Waals surface area contributed by atoms with Crippen LogP contribution in [-0.2, 0) is 0 Å². The van der Waals surface area contributed by atoms with E-state index in [4.69, 9.17) is 0 Å². The molecule has 0 spiro atoms. The molecule has 0 radical (unpaired) electrons. The minimum absolute atomic E-state index is 0.235. The fourth-order valence-electron chi connectivity index (χ4n) is 1.60. The third-order valence-corrected chi connectivity index (χ3v) is 3.63. The largest absolute Gasteiger partial charge is 0.357 e. The first kappa shape index (κ1) is 15.2. The Morgan fingerprint density at radius 1 is 1.19 bits per heavy atom. The Labute approximate surface area is 125 Å². The van der Waals surface area contributed by atoms with Crippen molar-refractivity contribution in [1.82, 2.24) is 24.5 Å². The van der Waals surface area contributed by atoms with Crippen molar-refractivity contribution in [3.8, 4) is 5.95 Å². The molecule has 0 aromatic carbocycles. The Kier molecular flexibility index (Phi) is 4.40. The van der Waals surface area contributed by atoms with Crippen LogP contribution in [0.4, 0.5) is 11.9 Å². The predicted octanol–water partition coefficient (Wildman–Crippen LogP) is 2.19. The molecule has 7 heteroatoms. The van der Waals surface area contributed by atoms with Gasteiger partial charge in [0.1, 0.15) is 6.33 Å². The highest BCUT2D eigenvalue weighted by molar-refractivity contribution is 5.37. The Balaban J connectivity index is 2.18. The zero-order valence-electron chi connectivity index (χ0n) is 13.3. The lowest BCUT2D eigenvalue weighted by Crippen LogP contribution is -2.25. The molecule has 1 atom stereocenters. The first-order chi connectivity index (χ1) is 9.90. The third-order valence-electron chi connectivity index (χ3n) is 3.63. The molecule has 0 bridgehead atoms. The van der Waals surface area contributed by atoms with Gasteiger partial charge in [-0.1, -0.05) is 27.7 Å². The second-order valence-corrected chi connectivity index (χ2v) is 6.15. The quantitative estimate of drug-likeness (QED) is 0.878. The predicted molar refractivity (Wildman–Crippen MR) is 83.6 cm³/mol. The van der Waals surface area contributed by atoms with Crippen LogP contribution in [0, 0.1) is 11.3 Å². The minimum Gasteiger partial charge on any atom is -0.357 e. The van der Waals surface area contributed by atoms with Gasteiger partial charge in [0.05, 0.1) is 0 Å². The number of hydrogen-bond acceptors (Lipinski definition) is 6. The van der Waals surface area contributed by atoms with Crippen LogP contribution in [0.3, 0.4) is 0 Å². The molecule has 0 amide bonds. The topological polar surface area (TPSA) is 80.5 Å². The fraction of sp³-hybridized carbons (Fsp3) is 0.571. The summed E-state index contributed by atoms with van der Waals surface area (Å²) >= 11 is 0. The highest BCUT2D eigenvalue weighted by Crippen LogP contribution is 2.25. The second-order valence-electron chi connectivity index (χ2n) is 6.15. The number of anilines is 2. The van der Waals surface area contributed by atoms with E-state index in [-0.39, 0.29) is 5.41 Å². The molecule has 2 aromatic heterocycles. The average Bonchev–Trinajstić information content (AvgIpc) is 2.97. The number of nitrogens with one attached hydrogen (secondary N) is 2. The van der Waals surface area contributed by atoms with E-state index < -0.39 is 0 Å². The van der Waals surface area contributed by atoms with E-state index in [1.165, 1.54) is 0 Å². The molecule has 1 unspecified atom stereocenters. The van der Waals surface area contributed by atoms with Crippen molar-refractivity contribution >= 4 is 11.9 Å². The summed E-state index contributed by atoms with van der Waals surface area (Å²) < 4.78 is 1.75. The summed E-state index contributed by atoms with van der Waals surface area (Å²) in [6, 6.07) is 0. The molecule has 2 aromatic rings. The zero-order valence-corrected chi connectivity index (χ0v) is 13.3. The molecule has 114 valence electrons. The molecule has 0 aliphatic rings. The van der Waals surface area contributed by atoms with Gasteiger partial charge in [-0.05, 0) is 11.3 Å². The summed E-state index contributed by atoms with van der Waals surface area (Å²) in [6.45, 7) is 9.69. The summed E-state index contributed by atoms with van der Waals surface area (Å²) in [6.07, 6.45) is 5.16. The van der Waals surface area contributed by atoms with Crippen molar-refractivity contribution in [3.63, 3.8) is 0 Å². The third kappa shape index (κ3) is 3.90. The van der Waals surface area contributed by atoms with Crippen LogP contribution in [-0.4, -0.2) is 38.1 Å². The normalized spacial score (nSPS) is 13.0. The maximum absolute atomic E-state index is 4.43. The Bertz CT molecular complexity index is 572. The Morgan fingerprint density at radius 2 is 1.90 bits per heavy atom. The summed E-state index contributed by atoms with van der Waals surface area (Å²) in [5, 5.41) is 6.24. The molecule has 0 aliphatic heterocycles. The van der Waals surface area contributed by atoms with E-state index in [0.29, 0.717) is 23.8 Å². The highest BCUT2D eigenvalue weighted by atomic mass is 15.3. The van der Waals surface area contributed by atoms with E-state index in [9.17, 15) is 0 Å². The molecule has 2 rings (SSSR count). The summed E-state index contributed by atoms with van der Waals surface area (Å²) in [5.41, 5.74) is 0.235. The van der Waals surface area contributed by atoms with Gasteiger partial charge in [-0.3, -0.25) is 4.57 Å². The lowest BCUT2D eigenvalue weighted by Gasteiger charge is -2.27. The lowest BCUT2D eigenvalue weighted by atomic mass is 9.82. The van der Waals surface area contributed by atoms with Gasteiger partial charge < -0.3 is 10.6 Å². The van der Waals surface area contributed by atoms with Gasteiger partial charge in [0, 0.05) is 26.0 Å². The maximum Gasteiger partial charge on any atom is 0.241 e. The summed E-state index contributed by atoms with van der Waals surface area (Å²) in [7, 11) is 1.79. The molecule has 0 saturated carbocycles. The maximum atomic E-state index is 4.43. The van der Waals surface area contributed by atoms with Gasteiger partial charge in [0.25, 0.3) is 0 Å². The minimum atomic E-state index is 0.235. The monoisotopic (exact) mass is 289 g/mol. The number of hydrogen-bond donors (Lipinski definition) is 2. The molecule has 2 heterocycles.